The van der Waals surface area contributed by atoms with Gasteiger partial charge in [-0.3, -0.25) is 0 Å². The monoisotopic (exact) mass is 281 g/mol. The van der Waals surface area contributed by atoms with Crippen LogP contribution in [0.2, 0.25) is 0 Å². The second kappa shape index (κ2) is 4.81. The van der Waals surface area contributed by atoms with Crippen LogP contribution in [0.4, 0.5) is 5.69 Å². The molecule has 1 heterocycles. The molecule has 2 aromatic rings. The van der Waals surface area contributed by atoms with E-state index in [0.29, 0.717) is 0 Å². The first-order valence-corrected chi connectivity index (χ1v) is 6.50. The maximum Gasteiger partial charge on any atom is 0.0489 e. The summed E-state index contributed by atoms with van der Waals surface area (Å²) >= 11 is 5.27. The van der Waals surface area contributed by atoms with Crippen LogP contribution in [0.3, 0.4) is 0 Å². The molecule has 1 aromatic carbocycles. The van der Waals surface area contributed by atoms with Crippen LogP contribution in [0.5, 0.6) is 0 Å². The summed E-state index contributed by atoms with van der Waals surface area (Å²) in [6.07, 6.45) is 0. The van der Waals surface area contributed by atoms with Crippen molar-refractivity contribution in [3.63, 3.8) is 0 Å². The maximum atomic E-state index is 3.53. The van der Waals surface area contributed by atoms with Crippen molar-refractivity contribution < 1.29 is 0 Å². The number of hydrogen-bond donors (Lipinski definition) is 1. The molecule has 0 saturated heterocycles. The minimum absolute atomic E-state index is 0.881. The lowest BCUT2D eigenvalue weighted by molar-refractivity contribution is 1.16. The number of anilines is 1. The summed E-state index contributed by atoms with van der Waals surface area (Å²) in [6.45, 7) is 2.98. The smallest absolute Gasteiger partial charge is 0.0489 e. The lowest BCUT2D eigenvalue weighted by Gasteiger charge is -2.08. The van der Waals surface area contributed by atoms with Gasteiger partial charge in [0.15, 0.2) is 0 Å². The zero-order valence-electron chi connectivity index (χ0n) is 8.46. The lowest BCUT2D eigenvalue weighted by atomic mass is 10.2. The van der Waals surface area contributed by atoms with Gasteiger partial charge in [-0.25, -0.2) is 0 Å². The Balaban J connectivity index is 2.07. The van der Waals surface area contributed by atoms with E-state index in [2.05, 4.69) is 63.2 Å². The Bertz CT molecular complexity index is 437. The fourth-order valence-corrected chi connectivity index (χ4v) is 2.42. The number of halogens is 1. The summed E-state index contributed by atoms with van der Waals surface area (Å²) < 4.78 is 1.11. The number of hydrogen-bond acceptors (Lipinski definition) is 2. The van der Waals surface area contributed by atoms with E-state index in [-0.39, 0.29) is 0 Å². The molecular formula is C12H12BrNS. The molecule has 0 spiro atoms. The average molecular weight is 282 g/mol. The van der Waals surface area contributed by atoms with Gasteiger partial charge in [-0.2, -0.15) is 11.3 Å². The van der Waals surface area contributed by atoms with E-state index in [0.717, 1.165) is 16.7 Å². The van der Waals surface area contributed by atoms with E-state index in [1.165, 1.54) is 11.1 Å². The maximum absolute atomic E-state index is 3.53. The van der Waals surface area contributed by atoms with Crippen LogP contribution in [0.1, 0.15) is 11.1 Å². The highest BCUT2D eigenvalue weighted by molar-refractivity contribution is 9.10. The van der Waals surface area contributed by atoms with Gasteiger partial charge in [-0.05, 0) is 62.9 Å². The van der Waals surface area contributed by atoms with Crippen LogP contribution < -0.4 is 5.32 Å². The molecule has 1 aromatic heterocycles. The third-order valence-corrected chi connectivity index (χ3v) is 3.61. The van der Waals surface area contributed by atoms with Crippen LogP contribution >= 0.6 is 27.3 Å². The van der Waals surface area contributed by atoms with Gasteiger partial charge in [-0.15, -0.1) is 0 Å². The largest absolute Gasteiger partial charge is 0.380 e. The Hall–Kier alpha value is -0.800. The van der Waals surface area contributed by atoms with Gasteiger partial charge < -0.3 is 5.32 Å². The molecule has 1 N–H and O–H groups in total. The third kappa shape index (κ3) is 2.83. The van der Waals surface area contributed by atoms with Crippen LogP contribution in [-0.2, 0) is 6.54 Å². The van der Waals surface area contributed by atoms with Gasteiger partial charge in [0.05, 0.1) is 0 Å². The highest BCUT2D eigenvalue weighted by atomic mass is 79.9. The Labute approximate surface area is 102 Å². The summed E-state index contributed by atoms with van der Waals surface area (Å²) in [4.78, 5) is 0. The Kier molecular flexibility index (Phi) is 3.44. The van der Waals surface area contributed by atoms with Crippen LogP contribution in [-0.4, -0.2) is 0 Å². The van der Waals surface area contributed by atoms with E-state index in [1.54, 1.807) is 11.3 Å². The highest BCUT2D eigenvalue weighted by Gasteiger charge is 1.99. The molecule has 3 heteroatoms. The molecule has 0 saturated carbocycles. The van der Waals surface area contributed by atoms with E-state index >= 15 is 0 Å². The lowest BCUT2D eigenvalue weighted by Crippen LogP contribution is -1.98. The number of nitrogens with one attached hydrogen (secondary N) is 1. The minimum Gasteiger partial charge on any atom is -0.380 e. The van der Waals surface area contributed by atoms with Crippen molar-refractivity contribution in [3.05, 3.63) is 50.6 Å². The van der Waals surface area contributed by atoms with Crippen LogP contribution in [0.15, 0.2) is 39.5 Å². The molecule has 0 amide bonds. The minimum atomic E-state index is 0.881. The SMILES string of the molecule is Cc1ccc(Br)c(NCc2ccsc2)c1. The number of thiophene rings is 1. The van der Waals surface area contributed by atoms with Crippen molar-refractivity contribution in [2.75, 3.05) is 5.32 Å². The zero-order valence-corrected chi connectivity index (χ0v) is 10.9. The van der Waals surface area contributed by atoms with Crippen molar-refractivity contribution in [1.29, 1.82) is 0 Å². The highest BCUT2D eigenvalue weighted by Crippen LogP contribution is 2.24. The predicted octanol–water partition coefficient (Wildman–Crippen LogP) is 4.43. The Morgan fingerprint density at radius 3 is 2.93 bits per heavy atom. The fourth-order valence-electron chi connectivity index (χ4n) is 1.37. The molecular weight excluding hydrogens is 270 g/mol. The molecule has 78 valence electrons. The second-order valence-electron chi connectivity index (χ2n) is 3.47. The zero-order chi connectivity index (χ0) is 10.7. The molecule has 0 unspecified atom stereocenters. The van der Waals surface area contributed by atoms with Crippen molar-refractivity contribution in [3.8, 4) is 0 Å². The van der Waals surface area contributed by atoms with Crippen LogP contribution in [0.25, 0.3) is 0 Å². The first-order valence-electron chi connectivity index (χ1n) is 4.77. The molecule has 0 aliphatic heterocycles. The van der Waals surface area contributed by atoms with Gasteiger partial charge in [0, 0.05) is 16.7 Å². The van der Waals surface area contributed by atoms with E-state index in [4.69, 9.17) is 0 Å². The Morgan fingerprint density at radius 1 is 1.33 bits per heavy atom. The molecule has 0 atom stereocenters. The third-order valence-electron chi connectivity index (χ3n) is 2.18. The molecule has 0 bridgehead atoms. The van der Waals surface area contributed by atoms with Gasteiger partial charge in [-0.1, -0.05) is 6.07 Å². The molecule has 1 nitrogen and oxygen atoms in total. The average Bonchev–Trinajstić information content (AvgIpc) is 2.72. The topological polar surface area (TPSA) is 12.0 Å². The van der Waals surface area contributed by atoms with E-state index in [1.807, 2.05) is 0 Å². The first kappa shape index (κ1) is 10.7. The number of benzene rings is 1. The number of rotatable bonds is 3. The van der Waals surface area contributed by atoms with Crippen molar-refractivity contribution in [2.45, 2.75) is 13.5 Å². The summed E-state index contributed by atoms with van der Waals surface area (Å²) in [6, 6.07) is 8.46. The summed E-state index contributed by atoms with van der Waals surface area (Å²) in [5.74, 6) is 0. The van der Waals surface area contributed by atoms with E-state index in [9.17, 15) is 0 Å². The molecule has 0 aliphatic rings. The fraction of sp³-hybridized carbons (Fsp3) is 0.167. The molecule has 0 radical (unpaired) electrons. The molecule has 2 rings (SSSR count). The van der Waals surface area contributed by atoms with Gasteiger partial charge in [0.1, 0.15) is 0 Å². The van der Waals surface area contributed by atoms with Crippen molar-refractivity contribution in [2.24, 2.45) is 0 Å². The van der Waals surface area contributed by atoms with E-state index < -0.39 is 0 Å². The van der Waals surface area contributed by atoms with Crippen molar-refractivity contribution >= 4 is 33.0 Å². The molecule has 15 heavy (non-hydrogen) atoms. The van der Waals surface area contributed by atoms with Crippen molar-refractivity contribution in [1.82, 2.24) is 0 Å². The van der Waals surface area contributed by atoms with Gasteiger partial charge in [0.25, 0.3) is 0 Å². The molecule has 0 aliphatic carbocycles. The second-order valence-corrected chi connectivity index (χ2v) is 5.10. The summed E-state index contributed by atoms with van der Waals surface area (Å²) in [5.41, 5.74) is 3.75. The summed E-state index contributed by atoms with van der Waals surface area (Å²) in [7, 11) is 0. The Morgan fingerprint density at radius 2 is 2.20 bits per heavy atom. The summed E-state index contributed by atoms with van der Waals surface area (Å²) in [5, 5.41) is 7.68. The first-order chi connectivity index (χ1) is 7.25. The number of aryl methyl sites for hydroxylation is 1. The standard InChI is InChI=1S/C12H12BrNS/c1-9-2-3-11(13)12(6-9)14-7-10-4-5-15-8-10/h2-6,8,14H,7H2,1H3. The normalized spacial score (nSPS) is 10.3. The van der Waals surface area contributed by atoms with Gasteiger partial charge in [0.2, 0.25) is 0 Å². The predicted molar refractivity (Wildman–Crippen MR) is 70.5 cm³/mol. The van der Waals surface area contributed by atoms with Gasteiger partial charge >= 0.3 is 0 Å². The molecule has 0 fully saturated rings. The quantitative estimate of drug-likeness (QED) is 0.878. The van der Waals surface area contributed by atoms with Crippen LogP contribution in [0, 0.1) is 6.92 Å².